The normalized spacial score (nSPS) is 12.4. The fourth-order valence-electron chi connectivity index (χ4n) is 4.55. The number of aliphatic hydroxyl groups excluding tert-OH is 1. The second-order valence-electron chi connectivity index (χ2n) is 11.5. The maximum Gasteiger partial charge on any atom is 0.306 e. The van der Waals surface area contributed by atoms with Gasteiger partial charge in [0.1, 0.15) is 17.6 Å². The largest absolute Gasteiger partial charge is 0.494 e. The third kappa shape index (κ3) is 19.8. The van der Waals surface area contributed by atoms with Gasteiger partial charge in [0.2, 0.25) is 0 Å². The Bertz CT molecular complexity index is 1040. The first-order valence-electron chi connectivity index (χ1n) is 16.5. The molecule has 2 aromatic rings. The van der Waals surface area contributed by atoms with E-state index in [4.69, 9.17) is 28.8 Å². The van der Waals surface area contributed by atoms with E-state index in [1.807, 2.05) is 24.3 Å². The molecule has 0 bridgehead atoms. The lowest BCUT2D eigenvalue weighted by Gasteiger charge is -2.13. The molecule has 0 radical (unpaired) electrons. The van der Waals surface area contributed by atoms with Crippen LogP contribution in [0.4, 0.5) is 0 Å². The fourth-order valence-corrected chi connectivity index (χ4v) is 4.55. The molecule has 2 unspecified atom stereocenters. The van der Waals surface area contributed by atoms with Crippen molar-refractivity contribution in [1.82, 2.24) is 0 Å². The average molecular weight is 631 g/mol. The zero-order chi connectivity index (χ0) is 32.5. The van der Waals surface area contributed by atoms with E-state index in [2.05, 4.69) is 24.3 Å². The van der Waals surface area contributed by atoms with Gasteiger partial charge < -0.3 is 33.9 Å². The van der Waals surface area contributed by atoms with Crippen molar-refractivity contribution in [2.75, 3.05) is 39.6 Å². The molecule has 0 amide bonds. The van der Waals surface area contributed by atoms with E-state index in [0.29, 0.717) is 52.5 Å². The number of aliphatic carboxylic acids is 1. The Labute approximate surface area is 269 Å². The zero-order valence-corrected chi connectivity index (χ0v) is 27.3. The summed E-state index contributed by atoms with van der Waals surface area (Å²) in [7, 11) is 0. The van der Waals surface area contributed by atoms with E-state index in [0.717, 1.165) is 74.0 Å². The molecule has 9 nitrogen and oxygen atoms in total. The lowest BCUT2D eigenvalue weighted by Crippen LogP contribution is -2.20. The standard InChI is InChI=1S/C36H54O9/c1-29(37)27-41-23-9-3-5-11-25-43-33-19-15-31(16-20-33)32-17-21-34(22-18-32)44-26-12-6-4-10-24-42-28-30(2)45-36(40)14-8-7-13-35(38)39/h15-22,29-30,37H,3-14,23-28H2,1-2H3,(H,38,39). The molecule has 45 heavy (non-hydrogen) atoms. The predicted molar refractivity (Wildman–Crippen MR) is 175 cm³/mol. The monoisotopic (exact) mass is 630 g/mol. The summed E-state index contributed by atoms with van der Waals surface area (Å²) in [5.74, 6) is 0.586. The van der Waals surface area contributed by atoms with E-state index in [9.17, 15) is 14.7 Å². The minimum atomic E-state index is -0.847. The third-order valence-corrected chi connectivity index (χ3v) is 7.01. The van der Waals surface area contributed by atoms with Crippen LogP contribution in [-0.2, 0) is 23.8 Å². The zero-order valence-electron chi connectivity index (χ0n) is 27.3. The van der Waals surface area contributed by atoms with Crippen LogP contribution in [0.2, 0.25) is 0 Å². The highest BCUT2D eigenvalue weighted by atomic mass is 16.6. The Morgan fingerprint density at radius 3 is 1.51 bits per heavy atom. The molecule has 2 atom stereocenters. The van der Waals surface area contributed by atoms with Crippen LogP contribution in [0.5, 0.6) is 11.5 Å². The molecule has 0 aromatic heterocycles. The molecular weight excluding hydrogens is 576 g/mol. The topological polar surface area (TPSA) is 121 Å². The third-order valence-electron chi connectivity index (χ3n) is 7.01. The molecule has 0 aliphatic rings. The first-order chi connectivity index (χ1) is 21.8. The van der Waals surface area contributed by atoms with Gasteiger partial charge in [0.25, 0.3) is 0 Å². The number of hydrogen-bond donors (Lipinski definition) is 2. The smallest absolute Gasteiger partial charge is 0.306 e. The highest BCUT2D eigenvalue weighted by Crippen LogP contribution is 2.25. The van der Waals surface area contributed by atoms with Gasteiger partial charge in [-0.1, -0.05) is 37.1 Å². The molecule has 2 aromatic carbocycles. The second kappa shape index (κ2) is 24.1. The summed E-state index contributed by atoms with van der Waals surface area (Å²) in [6.07, 6.45) is 8.82. The Balaban J connectivity index is 1.47. The van der Waals surface area contributed by atoms with Crippen molar-refractivity contribution < 1.29 is 43.5 Å². The first-order valence-corrected chi connectivity index (χ1v) is 16.5. The molecule has 0 spiro atoms. The first kappa shape index (κ1) is 38.0. The molecule has 0 aliphatic carbocycles. The van der Waals surface area contributed by atoms with Gasteiger partial charge in [-0.15, -0.1) is 0 Å². The average Bonchev–Trinajstić information content (AvgIpc) is 3.02. The van der Waals surface area contributed by atoms with Gasteiger partial charge in [0, 0.05) is 26.1 Å². The van der Waals surface area contributed by atoms with Crippen molar-refractivity contribution in [3.8, 4) is 22.6 Å². The molecule has 0 heterocycles. The van der Waals surface area contributed by atoms with Crippen molar-refractivity contribution in [3.05, 3.63) is 48.5 Å². The van der Waals surface area contributed by atoms with E-state index >= 15 is 0 Å². The minimum Gasteiger partial charge on any atom is -0.494 e. The number of carbonyl (C=O) groups is 2. The van der Waals surface area contributed by atoms with Gasteiger partial charge in [-0.25, -0.2) is 0 Å². The SMILES string of the molecule is CC(O)COCCCCCCOc1ccc(-c2ccc(OCCCCCCOCC(C)OC(=O)CCCCC(=O)O)cc2)cc1. The quantitative estimate of drug-likeness (QED) is 0.0778. The number of aliphatic hydroxyl groups is 1. The Hall–Kier alpha value is -3.14. The van der Waals surface area contributed by atoms with Gasteiger partial charge in [0.15, 0.2) is 0 Å². The van der Waals surface area contributed by atoms with Crippen LogP contribution in [-0.4, -0.2) is 74.0 Å². The van der Waals surface area contributed by atoms with Crippen LogP contribution in [0, 0.1) is 0 Å². The van der Waals surface area contributed by atoms with E-state index in [1.54, 1.807) is 13.8 Å². The van der Waals surface area contributed by atoms with Crippen molar-refractivity contribution in [2.24, 2.45) is 0 Å². The summed E-state index contributed by atoms with van der Waals surface area (Å²) in [4.78, 5) is 22.3. The number of ether oxygens (including phenoxy) is 5. The van der Waals surface area contributed by atoms with Gasteiger partial charge in [-0.2, -0.15) is 0 Å². The van der Waals surface area contributed by atoms with Crippen LogP contribution in [0.1, 0.15) is 90.9 Å². The maximum absolute atomic E-state index is 11.8. The number of carbonyl (C=O) groups excluding carboxylic acids is 1. The Kier molecular flexibility index (Phi) is 20.4. The molecule has 0 saturated carbocycles. The summed E-state index contributed by atoms with van der Waals surface area (Å²) in [5.41, 5.74) is 2.26. The predicted octanol–water partition coefficient (Wildman–Crippen LogP) is 7.22. The van der Waals surface area contributed by atoms with Gasteiger partial charge in [0.05, 0.1) is 32.5 Å². The fraction of sp³-hybridized carbons (Fsp3) is 0.611. The summed E-state index contributed by atoms with van der Waals surface area (Å²) in [6.45, 7) is 7.00. The molecule has 2 rings (SSSR count). The van der Waals surface area contributed by atoms with Crippen molar-refractivity contribution in [2.45, 2.75) is 103 Å². The van der Waals surface area contributed by atoms with Crippen molar-refractivity contribution in [1.29, 1.82) is 0 Å². The summed E-state index contributed by atoms with van der Waals surface area (Å²) in [6, 6.07) is 16.3. The summed E-state index contributed by atoms with van der Waals surface area (Å²) >= 11 is 0. The number of unbranched alkanes of at least 4 members (excludes halogenated alkanes) is 7. The van der Waals surface area contributed by atoms with Crippen LogP contribution in [0.25, 0.3) is 11.1 Å². The highest BCUT2D eigenvalue weighted by Gasteiger charge is 2.10. The molecule has 0 fully saturated rings. The van der Waals surface area contributed by atoms with Crippen LogP contribution < -0.4 is 9.47 Å². The highest BCUT2D eigenvalue weighted by molar-refractivity contribution is 5.70. The van der Waals surface area contributed by atoms with E-state index < -0.39 is 12.1 Å². The summed E-state index contributed by atoms with van der Waals surface area (Å²) in [5, 5.41) is 17.8. The molecule has 2 N–H and O–H groups in total. The maximum atomic E-state index is 11.8. The number of rotatable bonds is 27. The molecule has 252 valence electrons. The van der Waals surface area contributed by atoms with Gasteiger partial charge in [-0.05, 0) is 101 Å². The number of benzene rings is 2. The second-order valence-corrected chi connectivity index (χ2v) is 11.5. The van der Waals surface area contributed by atoms with Crippen LogP contribution in [0.15, 0.2) is 48.5 Å². The molecular formula is C36H54O9. The Morgan fingerprint density at radius 1 is 0.600 bits per heavy atom. The summed E-state index contributed by atoms with van der Waals surface area (Å²) < 4.78 is 28.1. The Morgan fingerprint density at radius 2 is 1.04 bits per heavy atom. The van der Waals surface area contributed by atoms with Crippen LogP contribution >= 0.6 is 0 Å². The number of carboxylic acid groups (broad SMARTS) is 1. The van der Waals surface area contributed by atoms with Crippen molar-refractivity contribution in [3.63, 3.8) is 0 Å². The van der Waals surface area contributed by atoms with E-state index in [1.165, 1.54) is 0 Å². The molecule has 9 heteroatoms. The van der Waals surface area contributed by atoms with Crippen LogP contribution in [0.3, 0.4) is 0 Å². The molecule has 0 aliphatic heterocycles. The van der Waals surface area contributed by atoms with Crippen molar-refractivity contribution >= 4 is 11.9 Å². The minimum absolute atomic E-state index is 0.0747. The van der Waals surface area contributed by atoms with Gasteiger partial charge in [-0.3, -0.25) is 9.59 Å². The van der Waals surface area contributed by atoms with Gasteiger partial charge >= 0.3 is 11.9 Å². The lowest BCUT2D eigenvalue weighted by molar-refractivity contribution is -0.151. The number of hydrogen-bond acceptors (Lipinski definition) is 8. The number of esters is 1. The van der Waals surface area contributed by atoms with E-state index in [-0.39, 0.29) is 24.9 Å². The lowest BCUT2D eigenvalue weighted by atomic mass is 10.1. The molecule has 0 saturated heterocycles. The number of carboxylic acids is 1.